The van der Waals surface area contributed by atoms with Gasteiger partial charge in [-0.3, -0.25) is 4.79 Å². The molecule has 0 spiro atoms. The second-order valence-electron chi connectivity index (χ2n) is 4.38. The van der Waals surface area contributed by atoms with Crippen LogP contribution in [0.5, 0.6) is 0 Å². The van der Waals surface area contributed by atoms with Crippen LogP contribution < -0.4 is 16.0 Å². The Balaban J connectivity index is 2.13. The molecule has 1 unspecified atom stereocenters. The number of amides is 3. The van der Waals surface area contributed by atoms with Crippen LogP contribution in [0.25, 0.3) is 0 Å². The van der Waals surface area contributed by atoms with Crippen molar-refractivity contribution < 1.29 is 24.6 Å². The summed E-state index contributed by atoms with van der Waals surface area (Å²) in [7, 11) is 0. The zero-order valence-electron chi connectivity index (χ0n) is 11.1. The Morgan fingerprint density at radius 2 is 1.85 bits per heavy atom. The van der Waals surface area contributed by atoms with E-state index < -0.39 is 18.1 Å². The van der Waals surface area contributed by atoms with Crippen LogP contribution in [-0.4, -0.2) is 78.4 Å². The summed E-state index contributed by atoms with van der Waals surface area (Å²) < 4.78 is 0. The highest BCUT2D eigenvalue weighted by Crippen LogP contribution is 1.92. The van der Waals surface area contributed by atoms with Gasteiger partial charge in [0.1, 0.15) is 0 Å². The molecule has 9 nitrogen and oxygen atoms in total. The van der Waals surface area contributed by atoms with E-state index >= 15 is 0 Å². The van der Waals surface area contributed by atoms with Gasteiger partial charge in [0, 0.05) is 39.1 Å². The molecule has 1 fully saturated rings. The van der Waals surface area contributed by atoms with Crippen LogP contribution in [0.3, 0.4) is 0 Å². The number of nitrogens with zero attached hydrogens (tertiary/aromatic N) is 1. The summed E-state index contributed by atoms with van der Waals surface area (Å²) in [5.74, 6) is -1.49. The Hall–Kier alpha value is -1.87. The highest BCUT2D eigenvalue weighted by molar-refractivity contribution is 5.84. The molecule has 1 heterocycles. The molecule has 0 bridgehead atoms. The molecular weight excluding hydrogens is 268 g/mol. The summed E-state index contributed by atoms with van der Waals surface area (Å²) in [5, 5.41) is 25.3. The molecule has 0 radical (unpaired) electrons. The first-order valence-corrected chi connectivity index (χ1v) is 6.41. The van der Waals surface area contributed by atoms with E-state index in [1.165, 1.54) is 0 Å². The van der Waals surface area contributed by atoms with Crippen molar-refractivity contribution in [1.82, 2.24) is 20.9 Å². The number of hydrogen-bond donors (Lipinski definition) is 5. The molecule has 1 aliphatic rings. The largest absolute Gasteiger partial charge is 0.479 e. The summed E-state index contributed by atoms with van der Waals surface area (Å²) in [6.07, 6.45) is -1.59. The fourth-order valence-corrected chi connectivity index (χ4v) is 1.69. The number of aliphatic carboxylic acids is 1. The van der Waals surface area contributed by atoms with Gasteiger partial charge in [-0.2, -0.15) is 0 Å². The SMILES string of the molecule is O=C(NCCC(O)C(=O)O)NCC(=O)N1CCNCC1. The minimum Gasteiger partial charge on any atom is -0.479 e. The third-order valence-corrected chi connectivity index (χ3v) is 2.86. The quantitative estimate of drug-likeness (QED) is 0.369. The topological polar surface area (TPSA) is 131 Å². The Morgan fingerprint density at radius 1 is 1.20 bits per heavy atom. The van der Waals surface area contributed by atoms with Crippen molar-refractivity contribution in [2.45, 2.75) is 12.5 Å². The van der Waals surface area contributed by atoms with Crippen LogP contribution in [0.1, 0.15) is 6.42 Å². The van der Waals surface area contributed by atoms with Crippen molar-refractivity contribution in [3.05, 3.63) is 0 Å². The van der Waals surface area contributed by atoms with Crippen molar-refractivity contribution in [1.29, 1.82) is 0 Å². The summed E-state index contributed by atoms with van der Waals surface area (Å²) in [6, 6.07) is -0.564. The molecule has 0 aliphatic carbocycles. The zero-order valence-corrected chi connectivity index (χ0v) is 11.1. The van der Waals surface area contributed by atoms with Crippen molar-refractivity contribution in [3.63, 3.8) is 0 Å². The highest BCUT2D eigenvalue weighted by atomic mass is 16.4. The van der Waals surface area contributed by atoms with Crippen LogP contribution in [0.2, 0.25) is 0 Å². The van der Waals surface area contributed by atoms with Gasteiger partial charge >= 0.3 is 12.0 Å². The molecular formula is C11H20N4O5. The maximum absolute atomic E-state index is 11.7. The van der Waals surface area contributed by atoms with Gasteiger partial charge in [0.25, 0.3) is 0 Å². The smallest absolute Gasteiger partial charge is 0.332 e. The number of aliphatic hydroxyl groups excluding tert-OH is 1. The number of carbonyl (C=O) groups is 3. The van der Waals surface area contributed by atoms with Crippen molar-refractivity contribution in [2.24, 2.45) is 0 Å². The predicted molar refractivity (Wildman–Crippen MR) is 69.1 cm³/mol. The molecule has 3 amide bonds. The van der Waals surface area contributed by atoms with Gasteiger partial charge in [-0.15, -0.1) is 0 Å². The van der Waals surface area contributed by atoms with Crippen molar-refractivity contribution in [2.75, 3.05) is 39.3 Å². The summed E-state index contributed by atoms with van der Waals surface area (Å²) >= 11 is 0. The minimum absolute atomic E-state index is 0.0150. The van der Waals surface area contributed by atoms with Gasteiger partial charge in [0.15, 0.2) is 6.10 Å². The number of urea groups is 1. The second-order valence-corrected chi connectivity index (χ2v) is 4.38. The Morgan fingerprint density at radius 3 is 2.45 bits per heavy atom. The molecule has 0 aromatic heterocycles. The van der Waals surface area contributed by atoms with Gasteiger partial charge < -0.3 is 31.1 Å². The molecule has 114 valence electrons. The lowest BCUT2D eigenvalue weighted by Crippen LogP contribution is -2.50. The average Bonchev–Trinajstić information content (AvgIpc) is 2.45. The lowest BCUT2D eigenvalue weighted by molar-refractivity contribution is -0.146. The number of carboxylic acid groups (broad SMARTS) is 1. The molecule has 1 atom stereocenters. The molecule has 1 rings (SSSR count). The van der Waals surface area contributed by atoms with Gasteiger partial charge in [-0.05, 0) is 0 Å². The lowest BCUT2D eigenvalue weighted by atomic mass is 10.2. The highest BCUT2D eigenvalue weighted by Gasteiger charge is 2.17. The summed E-state index contributed by atoms with van der Waals surface area (Å²) in [5.41, 5.74) is 0. The van der Waals surface area contributed by atoms with E-state index in [-0.39, 0.29) is 25.4 Å². The minimum atomic E-state index is -1.50. The maximum atomic E-state index is 11.7. The average molecular weight is 288 g/mol. The van der Waals surface area contributed by atoms with Crippen LogP contribution in [0, 0.1) is 0 Å². The molecule has 1 saturated heterocycles. The number of nitrogens with one attached hydrogen (secondary N) is 3. The molecule has 0 aromatic carbocycles. The van der Waals surface area contributed by atoms with E-state index in [2.05, 4.69) is 16.0 Å². The lowest BCUT2D eigenvalue weighted by Gasteiger charge is -2.27. The Labute approximate surface area is 116 Å². The second kappa shape index (κ2) is 8.33. The fourth-order valence-electron chi connectivity index (χ4n) is 1.69. The zero-order chi connectivity index (χ0) is 15.0. The van der Waals surface area contributed by atoms with Crippen LogP contribution in [0.15, 0.2) is 0 Å². The van der Waals surface area contributed by atoms with E-state index in [4.69, 9.17) is 10.2 Å². The van der Waals surface area contributed by atoms with Crippen molar-refractivity contribution in [3.8, 4) is 0 Å². The van der Waals surface area contributed by atoms with E-state index in [0.29, 0.717) is 13.1 Å². The first kappa shape index (κ1) is 16.2. The van der Waals surface area contributed by atoms with Crippen molar-refractivity contribution >= 4 is 17.9 Å². The number of hydrogen-bond acceptors (Lipinski definition) is 5. The van der Waals surface area contributed by atoms with E-state index in [0.717, 1.165) is 13.1 Å². The van der Waals surface area contributed by atoms with E-state index in [1.807, 2.05) is 0 Å². The van der Waals surface area contributed by atoms with Crippen LogP contribution in [0.4, 0.5) is 4.79 Å². The maximum Gasteiger partial charge on any atom is 0.332 e. The van der Waals surface area contributed by atoms with Gasteiger partial charge in [0.2, 0.25) is 5.91 Å². The molecule has 9 heteroatoms. The number of carbonyl (C=O) groups excluding carboxylic acids is 2. The first-order valence-electron chi connectivity index (χ1n) is 6.41. The van der Waals surface area contributed by atoms with Crippen LogP contribution in [-0.2, 0) is 9.59 Å². The number of carboxylic acids is 1. The Bertz CT molecular complexity index is 357. The first-order chi connectivity index (χ1) is 9.50. The Kier molecular flexibility index (Phi) is 6.74. The fraction of sp³-hybridized carbons (Fsp3) is 0.727. The van der Waals surface area contributed by atoms with Gasteiger partial charge in [-0.1, -0.05) is 0 Å². The molecule has 5 N–H and O–H groups in total. The predicted octanol–water partition coefficient (Wildman–Crippen LogP) is -2.45. The standard InChI is InChI=1S/C11H20N4O5/c16-8(10(18)19)1-2-13-11(20)14-7-9(17)15-5-3-12-4-6-15/h8,12,16H,1-7H2,(H,18,19)(H2,13,14,20). The van der Waals surface area contributed by atoms with E-state index in [9.17, 15) is 14.4 Å². The molecule has 0 saturated carbocycles. The third kappa shape index (κ3) is 5.85. The monoisotopic (exact) mass is 288 g/mol. The third-order valence-electron chi connectivity index (χ3n) is 2.86. The van der Waals surface area contributed by atoms with Gasteiger partial charge in [0.05, 0.1) is 6.54 Å². The molecule has 20 heavy (non-hydrogen) atoms. The molecule has 1 aliphatic heterocycles. The summed E-state index contributed by atoms with van der Waals surface area (Å²) in [4.78, 5) is 35.0. The number of piperazine rings is 1. The number of rotatable bonds is 6. The normalized spacial score (nSPS) is 16.4. The number of aliphatic hydroxyl groups is 1. The van der Waals surface area contributed by atoms with Crippen LogP contribution >= 0.6 is 0 Å². The van der Waals surface area contributed by atoms with Gasteiger partial charge in [-0.25, -0.2) is 9.59 Å². The summed E-state index contributed by atoms with van der Waals surface area (Å²) in [6.45, 7) is 2.63. The molecule has 0 aromatic rings. The van der Waals surface area contributed by atoms with E-state index in [1.54, 1.807) is 4.90 Å².